The third-order valence-electron chi connectivity index (χ3n) is 13.9. The van der Waals surface area contributed by atoms with Gasteiger partial charge in [-0.15, -0.1) is 77.4 Å². The molecule has 0 atom stereocenters. The number of aromatic nitrogens is 3. The predicted octanol–water partition coefficient (Wildman–Crippen LogP) is 19.7. The minimum atomic E-state index is -0.00145. The zero-order chi connectivity index (χ0) is 51.9. The van der Waals surface area contributed by atoms with Crippen LogP contribution in [0, 0.1) is 18.2 Å². The molecule has 0 amide bonds. The molecule has 0 aliphatic rings. The summed E-state index contributed by atoms with van der Waals surface area (Å²) in [5, 5.41) is 0. The second-order valence-electron chi connectivity index (χ2n) is 22.2. The van der Waals surface area contributed by atoms with E-state index < -0.39 is 0 Å². The van der Waals surface area contributed by atoms with Gasteiger partial charge in [0.1, 0.15) is 0 Å². The molecule has 10 aromatic rings. The van der Waals surface area contributed by atoms with E-state index in [9.17, 15) is 0 Å². The zero-order valence-electron chi connectivity index (χ0n) is 43.8. The predicted molar refractivity (Wildman–Crippen MR) is 317 cm³/mol. The van der Waals surface area contributed by atoms with Gasteiger partial charge in [-0.2, -0.15) is 0 Å². The second-order valence-corrected chi connectivity index (χ2v) is 23.9. The van der Waals surface area contributed by atoms with E-state index >= 15 is 0 Å². The molecule has 3 aromatic heterocycles. The third-order valence-corrected chi connectivity index (χ3v) is 15.2. The summed E-state index contributed by atoms with van der Waals surface area (Å²) in [7, 11) is 0. The Bertz CT molecular complexity index is 3540. The number of benzene rings is 7. The van der Waals surface area contributed by atoms with Crippen LogP contribution in [0.2, 0.25) is 0 Å². The average molecular weight is 1280 g/mol. The monoisotopic (exact) mass is 1280 g/mol. The van der Waals surface area contributed by atoms with E-state index in [0.29, 0.717) is 0 Å². The summed E-state index contributed by atoms with van der Waals surface area (Å²) in [6.45, 7) is 20.1. The van der Waals surface area contributed by atoms with Crippen LogP contribution < -0.4 is 0 Å². The van der Waals surface area contributed by atoms with Gasteiger partial charge in [-0.25, -0.2) is 0 Å². The van der Waals surface area contributed by atoms with Gasteiger partial charge in [0, 0.05) is 18.6 Å². The van der Waals surface area contributed by atoms with Gasteiger partial charge < -0.3 is 15.0 Å². The standard InChI is InChI=1S/C69H58Br2N3.Ir/c1-67(2,3)51-30-33-72-64(41-51)45-24-22-44(23-25-45)54-16-10-11-17-55(54)48-36-49(56-18-12-14-20-58(56)60-28-26-46(39-62(60)70)65-42-52(31-34-73-65)68(4,5)6)38-50(37-48)57-19-13-15-21-59(57)61-29-27-47(40-63(61)71)66-43-53(32-35-74-66)69(7,8)9;/h10-24,28-43H,1-9H3;/q-3;+3. The van der Waals surface area contributed by atoms with Gasteiger partial charge in [-0.1, -0.05) is 227 Å². The van der Waals surface area contributed by atoms with Crippen molar-refractivity contribution in [2.45, 2.75) is 78.6 Å². The van der Waals surface area contributed by atoms with Crippen LogP contribution in [0.5, 0.6) is 0 Å². The van der Waals surface area contributed by atoms with Crippen LogP contribution in [0.3, 0.4) is 0 Å². The molecule has 6 heteroatoms. The van der Waals surface area contributed by atoms with Crippen molar-refractivity contribution in [1.82, 2.24) is 15.0 Å². The fourth-order valence-corrected chi connectivity index (χ4v) is 10.7. The van der Waals surface area contributed by atoms with Crippen molar-refractivity contribution in [2.75, 3.05) is 0 Å². The minimum absolute atomic E-state index is 0. The largest absolute Gasteiger partial charge is 3.00 e. The van der Waals surface area contributed by atoms with Crippen molar-refractivity contribution in [3.8, 4) is 101 Å². The fraction of sp³-hybridized carbons (Fsp3) is 0.174. The maximum absolute atomic E-state index is 4.77. The molecule has 3 heterocycles. The average Bonchev–Trinajstić information content (AvgIpc) is 3.40. The Labute approximate surface area is 474 Å². The zero-order valence-corrected chi connectivity index (χ0v) is 49.4. The first-order valence-electron chi connectivity index (χ1n) is 25.2. The van der Waals surface area contributed by atoms with Crippen molar-refractivity contribution >= 4 is 31.9 Å². The van der Waals surface area contributed by atoms with Crippen LogP contribution >= 0.6 is 31.9 Å². The Kier molecular flexibility index (Phi) is 15.4. The molecule has 0 aliphatic carbocycles. The fourth-order valence-electron chi connectivity index (χ4n) is 9.54. The molecule has 0 radical (unpaired) electrons. The van der Waals surface area contributed by atoms with Gasteiger partial charge in [-0.3, -0.25) is 0 Å². The smallest absolute Gasteiger partial charge is 0.305 e. The Morgan fingerprint density at radius 2 is 0.640 bits per heavy atom. The van der Waals surface area contributed by atoms with E-state index in [-0.39, 0.29) is 36.4 Å². The van der Waals surface area contributed by atoms with Crippen LogP contribution in [0.25, 0.3) is 101 Å². The molecule has 372 valence electrons. The summed E-state index contributed by atoms with van der Waals surface area (Å²) >= 11 is 8.05. The normalized spacial score (nSPS) is 11.8. The molecule has 0 bridgehead atoms. The Morgan fingerprint density at radius 1 is 0.320 bits per heavy atom. The van der Waals surface area contributed by atoms with Gasteiger partial charge in [0.2, 0.25) is 0 Å². The summed E-state index contributed by atoms with van der Waals surface area (Å²) in [5.41, 5.74) is 22.3. The number of rotatable bonds is 9. The molecule has 0 N–H and O–H groups in total. The maximum atomic E-state index is 4.77. The van der Waals surface area contributed by atoms with Crippen LogP contribution in [0.4, 0.5) is 0 Å². The SMILES string of the molecule is CC(C)(C)c1ccnc(-c2[c-]cc(-c3ccccc3-c3cc(-c4ccccc4-c4c[c-]c(-c5cc(C(C)(C)C)ccn5)cc4Br)cc(-c4ccccc4-c4c[c-]c(-c5cc(C(C)(C)C)ccn5)cc4Br)c3)cc2)c1.[Ir+3]. The maximum Gasteiger partial charge on any atom is 3.00 e. The van der Waals surface area contributed by atoms with Crippen molar-refractivity contribution in [3.05, 3.63) is 232 Å². The molecule has 7 aromatic carbocycles. The number of nitrogens with zero attached hydrogens (tertiary/aromatic N) is 3. The van der Waals surface area contributed by atoms with E-state index in [1.165, 1.54) is 16.7 Å². The van der Waals surface area contributed by atoms with Crippen molar-refractivity contribution < 1.29 is 20.1 Å². The molecular weight excluding hydrogens is 1220 g/mol. The molecule has 3 nitrogen and oxygen atoms in total. The molecular formula is C69H58Br2IrN3. The summed E-state index contributed by atoms with van der Waals surface area (Å²) in [6.07, 6.45) is 5.70. The van der Waals surface area contributed by atoms with Gasteiger partial charge in [0.05, 0.1) is 0 Å². The molecule has 0 spiro atoms. The summed E-state index contributed by atoms with van der Waals surface area (Å²) < 4.78 is 1.94. The molecule has 0 saturated carbocycles. The quantitative estimate of drug-likeness (QED) is 0.135. The van der Waals surface area contributed by atoms with Gasteiger partial charge in [0.15, 0.2) is 0 Å². The molecule has 0 aliphatic heterocycles. The van der Waals surface area contributed by atoms with Gasteiger partial charge >= 0.3 is 20.1 Å². The molecule has 0 unspecified atom stereocenters. The first-order chi connectivity index (χ1) is 35.4. The molecule has 0 saturated heterocycles. The summed E-state index contributed by atoms with van der Waals surface area (Å²) in [6, 6.07) is 71.7. The van der Waals surface area contributed by atoms with Crippen LogP contribution in [0.15, 0.2) is 197 Å². The molecule has 75 heavy (non-hydrogen) atoms. The van der Waals surface area contributed by atoms with E-state index in [2.05, 4.69) is 282 Å². The summed E-state index contributed by atoms with van der Waals surface area (Å²) in [5.74, 6) is 0. The molecule has 10 rings (SSSR count). The van der Waals surface area contributed by atoms with Crippen LogP contribution in [-0.2, 0) is 36.4 Å². The Morgan fingerprint density at radius 3 is 0.973 bits per heavy atom. The van der Waals surface area contributed by atoms with E-state index in [0.717, 1.165) is 109 Å². The number of halogens is 2. The van der Waals surface area contributed by atoms with Crippen molar-refractivity contribution in [2.24, 2.45) is 0 Å². The van der Waals surface area contributed by atoms with Crippen LogP contribution in [0.1, 0.15) is 79.0 Å². The number of hydrogen-bond donors (Lipinski definition) is 0. The van der Waals surface area contributed by atoms with E-state index in [1.807, 2.05) is 18.6 Å². The minimum Gasteiger partial charge on any atom is -0.305 e. The Hall–Kier alpha value is -6.40. The Balaban J connectivity index is 0.00000689. The van der Waals surface area contributed by atoms with Crippen molar-refractivity contribution in [1.29, 1.82) is 0 Å². The second kappa shape index (κ2) is 21.7. The van der Waals surface area contributed by atoms with E-state index in [1.54, 1.807) is 0 Å². The third kappa shape index (κ3) is 11.6. The topological polar surface area (TPSA) is 38.7 Å². The van der Waals surface area contributed by atoms with E-state index in [4.69, 9.17) is 15.0 Å². The summed E-state index contributed by atoms with van der Waals surface area (Å²) in [4.78, 5) is 14.3. The first-order valence-corrected chi connectivity index (χ1v) is 26.8. The van der Waals surface area contributed by atoms with Gasteiger partial charge in [0.25, 0.3) is 0 Å². The number of hydrogen-bond acceptors (Lipinski definition) is 3. The molecule has 0 fully saturated rings. The van der Waals surface area contributed by atoms with Crippen molar-refractivity contribution in [3.63, 3.8) is 0 Å². The number of pyridine rings is 3. The van der Waals surface area contributed by atoms with Gasteiger partial charge in [-0.05, 0) is 120 Å². The van der Waals surface area contributed by atoms with Crippen LogP contribution in [-0.4, -0.2) is 15.0 Å². The first kappa shape index (κ1) is 53.4.